The smallest absolute Gasteiger partial charge is 0.329 e. The molecule has 0 spiro atoms. The number of carbonyl (C=O) groups excluding carboxylic acids is 1. The Labute approximate surface area is 148 Å². The first-order valence-corrected chi connectivity index (χ1v) is 9.30. The predicted octanol–water partition coefficient (Wildman–Crippen LogP) is 1.72. The quantitative estimate of drug-likeness (QED) is 0.812. The summed E-state index contributed by atoms with van der Waals surface area (Å²) in [5, 5.41) is 2.95. The lowest BCUT2D eigenvalue weighted by molar-refractivity contribution is -0.121. The number of fused-ring (bicyclic) bond motifs is 1. The summed E-state index contributed by atoms with van der Waals surface area (Å²) in [6.07, 6.45) is 6.21. The van der Waals surface area contributed by atoms with Crippen molar-refractivity contribution in [3.8, 4) is 0 Å². The summed E-state index contributed by atoms with van der Waals surface area (Å²) < 4.78 is 3.13. The van der Waals surface area contributed by atoms with Crippen LogP contribution in [0.15, 0.2) is 29.1 Å². The molecule has 0 saturated carbocycles. The highest BCUT2D eigenvalue weighted by molar-refractivity contribution is 5.80. The first-order chi connectivity index (χ1) is 12.2. The van der Waals surface area contributed by atoms with E-state index in [2.05, 4.69) is 10.2 Å². The fourth-order valence-electron chi connectivity index (χ4n) is 3.61. The molecular weight excluding hydrogens is 316 g/mol. The summed E-state index contributed by atoms with van der Waals surface area (Å²) in [5.74, 6) is -0.102. The summed E-state index contributed by atoms with van der Waals surface area (Å²) in [6, 6.07) is 7.56. The zero-order valence-corrected chi connectivity index (χ0v) is 15.0. The third-order valence-corrected chi connectivity index (χ3v) is 5.03. The molecule has 1 aromatic heterocycles. The Hall–Kier alpha value is -2.08. The van der Waals surface area contributed by atoms with Crippen LogP contribution >= 0.6 is 0 Å². The number of nitrogens with one attached hydrogen (secondary N) is 1. The fraction of sp³-hybridized carbons (Fsp3) is 0.579. The highest BCUT2D eigenvalue weighted by Gasteiger charge is 2.13. The highest BCUT2D eigenvalue weighted by atomic mass is 16.2. The van der Waals surface area contributed by atoms with Gasteiger partial charge in [0.05, 0.1) is 11.0 Å². The molecule has 25 heavy (non-hydrogen) atoms. The molecule has 0 bridgehead atoms. The number of likely N-dealkylation sites (tertiary alicyclic amines) is 1. The Morgan fingerprint density at radius 1 is 1.08 bits per heavy atom. The summed E-state index contributed by atoms with van der Waals surface area (Å²) in [5.41, 5.74) is 1.50. The van der Waals surface area contributed by atoms with Gasteiger partial charge < -0.3 is 10.2 Å². The van der Waals surface area contributed by atoms with Crippen LogP contribution < -0.4 is 11.0 Å². The number of para-hydroxylation sites is 2. The van der Waals surface area contributed by atoms with E-state index in [1.807, 2.05) is 24.3 Å². The molecule has 6 nitrogen and oxygen atoms in total. The highest BCUT2D eigenvalue weighted by Crippen LogP contribution is 2.11. The van der Waals surface area contributed by atoms with Gasteiger partial charge in [-0.1, -0.05) is 25.0 Å². The number of nitrogens with zero attached hydrogens (tertiary/aromatic N) is 3. The van der Waals surface area contributed by atoms with Gasteiger partial charge in [0.1, 0.15) is 6.54 Å². The summed E-state index contributed by atoms with van der Waals surface area (Å²) >= 11 is 0. The van der Waals surface area contributed by atoms with E-state index in [0.29, 0.717) is 6.54 Å². The molecule has 136 valence electrons. The number of hydrogen-bond acceptors (Lipinski definition) is 3. The lowest BCUT2D eigenvalue weighted by Gasteiger charge is -2.19. The number of hydrogen-bond donors (Lipinski definition) is 1. The SMILES string of the molecule is Cn1c(=O)n(CC(=O)NCCCN2CCCCCC2)c2ccccc21. The van der Waals surface area contributed by atoms with Crippen LogP contribution in [0.1, 0.15) is 32.1 Å². The molecule has 1 aliphatic heterocycles. The van der Waals surface area contributed by atoms with Crippen molar-refractivity contribution in [3.05, 3.63) is 34.7 Å². The second kappa shape index (κ2) is 8.34. The molecule has 0 unspecified atom stereocenters. The average molecular weight is 344 g/mol. The lowest BCUT2D eigenvalue weighted by Crippen LogP contribution is -2.34. The Morgan fingerprint density at radius 2 is 1.76 bits per heavy atom. The molecule has 1 N–H and O–H groups in total. The van der Waals surface area contributed by atoms with Gasteiger partial charge in [0.15, 0.2) is 0 Å². The molecular formula is C19H28N4O2. The standard InChI is InChI=1S/C19H28N4O2/c1-21-16-9-4-5-10-17(16)23(19(21)25)15-18(24)20-11-8-14-22-12-6-2-3-7-13-22/h4-5,9-10H,2-3,6-8,11-15H2,1H3,(H,20,24). The van der Waals surface area contributed by atoms with Crippen molar-refractivity contribution in [1.29, 1.82) is 0 Å². The Kier molecular flexibility index (Phi) is 5.91. The molecule has 2 aromatic rings. The molecule has 1 aliphatic rings. The first-order valence-electron chi connectivity index (χ1n) is 9.30. The molecule has 1 aromatic carbocycles. The van der Waals surface area contributed by atoms with Gasteiger partial charge in [-0.25, -0.2) is 4.79 Å². The third-order valence-electron chi connectivity index (χ3n) is 5.03. The largest absolute Gasteiger partial charge is 0.354 e. The van der Waals surface area contributed by atoms with Crippen molar-refractivity contribution in [2.45, 2.75) is 38.6 Å². The maximum absolute atomic E-state index is 12.3. The van der Waals surface area contributed by atoms with Crippen LogP contribution in [0, 0.1) is 0 Å². The number of amides is 1. The van der Waals surface area contributed by atoms with Gasteiger partial charge in [0.25, 0.3) is 0 Å². The predicted molar refractivity (Wildman–Crippen MR) is 99.7 cm³/mol. The van der Waals surface area contributed by atoms with Crippen molar-refractivity contribution in [1.82, 2.24) is 19.4 Å². The van der Waals surface area contributed by atoms with E-state index in [0.717, 1.165) is 24.0 Å². The molecule has 0 atom stereocenters. The number of benzene rings is 1. The first kappa shape index (κ1) is 17.7. The Bertz CT molecular complexity index is 769. The monoisotopic (exact) mass is 344 g/mol. The molecule has 6 heteroatoms. The lowest BCUT2D eigenvalue weighted by atomic mass is 10.2. The third kappa shape index (κ3) is 4.31. The van der Waals surface area contributed by atoms with Gasteiger partial charge in [-0.15, -0.1) is 0 Å². The van der Waals surface area contributed by atoms with E-state index in [1.54, 1.807) is 16.2 Å². The van der Waals surface area contributed by atoms with Gasteiger partial charge in [-0.3, -0.25) is 13.9 Å². The van der Waals surface area contributed by atoms with Gasteiger partial charge in [-0.05, 0) is 51.0 Å². The summed E-state index contributed by atoms with van der Waals surface area (Å²) in [6.45, 7) is 4.13. The molecule has 1 saturated heterocycles. The van der Waals surface area contributed by atoms with Crippen LogP contribution in [0.5, 0.6) is 0 Å². The molecule has 3 rings (SSSR count). The maximum atomic E-state index is 12.3. The van der Waals surface area contributed by atoms with E-state index in [4.69, 9.17) is 0 Å². The molecule has 2 heterocycles. The zero-order valence-electron chi connectivity index (χ0n) is 15.0. The molecule has 0 aliphatic carbocycles. The Balaban J connectivity index is 1.50. The second-order valence-corrected chi connectivity index (χ2v) is 6.88. The molecule has 1 fully saturated rings. The minimum atomic E-state index is -0.152. The number of rotatable bonds is 6. The van der Waals surface area contributed by atoms with Crippen molar-refractivity contribution in [2.75, 3.05) is 26.2 Å². The number of carbonyl (C=O) groups is 1. The van der Waals surface area contributed by atoms with Crippen LogP contribution in [-0.2, 0) is 18.4 Å². The fourth-order valence-corrected chi connectivity index (χ4v) is 3.61. The minimum Gasteiger partial charge on any atom is -0.354 e. The van der Waals surface area contributed by atoms with Gasteiger partial charge >= 0.3 is 5.69 Å². The van der Waals surface area contributed by atoms with Crippen LogP contribution in [0.25, 0.3) is 11.0 Å². The average Bonchev–Trinajstić information content (AvgIpc) is 2.81. The summed E-state index contributed by atoms with van der Waals surface area (Å²) in [4.78, 5) is 27.1. The number of aromatic nitrogens is 2. The van der Waals surface area contributed by atoms with E-state index in [9.17, 15) is 9.59 Å². The van der Waals surface area contributed by atoms with E-state index in [-0.39, 0.29) is 18.1 Å². The number of aryl methyl sites for hydroxylation is 1. The van der Waals surface area contributed by atoms with Crippen LogP contribution in [0.2, 0.25) is 0 Å². The minimum absolute atomic E-state index is 0.0733. The van der Waals surface area contributed by atoms with Crippen molar-refractivity contribution >= 4 is 16.9 Å². The molecule has 0 radical (unpaired) electrons. The molecule has 1 amide bonds. The van der Waals surface area contributed by atoms with Gasteiger partial charge in [0, 0.05) is 13.6 Å². The van der Waals surface area contributed by atoms with E-state index in [1.165, 1.54) is 38.8 Å². The normalized spacial score (nSPS) is 16.0. The Morgan fingerprint density at radius 3 is 2.48 bits per heavy atom. The van der Waals surface area contributed by atoms with Crippen LogP contribution in [0.3, 0.4) is 0 Å². The second-order valence-electron chi connectivity index (χ2n) is 6.88. The zero-order chi connectivity index (χ0) is 17.6. The topological polar surface area (TPSA) is 59.3 Å². The van der Waals surface area contributed by atoms with Gasteiger partial charge in [0.2, 0.25) is 5.91 Å². The summed E-state index contributed by atoms with van der Waals surface area (Å²) in [7, 11) is 1.74. The maximum Gasteiger partial charge on any atom is 0.329 e. The van der Waals surface area contributed by atoms with Crippen LogP contribution in [-0.4, -0.2) is 46.1 Å². The van der Waals surface area contributed by atoms with Crippen molar-refractivity contribution in [2.24, 2.45) is 7.05 Å². The van der Waals surface area contributed by atoms with E-state index < -0.39 is 0 Å². The number of imidazole rings is 1. The van der Waals surface area contributed by atoms with Gasteiger partial charge in [-0.2, -0.15) is 0 Å². The van der Waals surface area contributed by atoms with E-state index >= 15 is 0 Å². The van der Waals surface area contributed by atoms with Crippen molar-refractivity contribution in [3.63, 3.8) is 0 Å². The van der Waals surface area contributed by atoms with Crippen LogP contribution in [0.4, 0.5) is 0 Å². The van der Waals surface area contributed by atoms with Crippen molar-refractivity contribution < 1.29 is 4.79 Å².